The first-order valence-corrected chi connectivity index (χ1v) is 6.18. The molecule has 0 saturated heterocycles. The summed E-state index contributed by atoms with van der Waals surface area (Å²) in [6.07, 6.45) is 0. The molecule has 0 unspecified atom stereocenters. The fraction of sp³-hybridized carbons (Fsp3) is 0.286. The lowest BCUT2D eigenvalue weighted by Gasteiger charge is -2.09. The van der Waals surface area contributed by atoms with Gasteiger partial charge in [-0.2, -0.15) is 0 Å². The van der Waals surface area contributed by atoms with Gasteiger partial charge in [0.15, 0.2) is 11.6 Å². The SMILES string of the molecule is Cc1cc(NCCOc2ccc(F)cc2F)nc(C)n1. The molecule has 1 N–H and O–H groups in total. The van der Waals surface area contributed by atoms with Gasteiger partial charge in [0.25, 0.3) is 0 Å². The van der Waals surface area contributed by atoms with Crippen molar-refractivity contribution in [3.05, 3.63) is 47.4 Å². The molecule has 1 aromatic heterocycles. The van der Waals surface area contributed by atoms with E-state index in [1.807, 2.05) is 19.9 Å². The molecule has 2 rings (SSSR count). The number of hydrogen-bond acceptors (Lipinski definition) is 4. The third-order valence-electron chi connectivity index (χ3n) is 2.53. The van der Waals surface area contributed by atoms with E-state index in [1.54, 1.807) is 0 Å². The van der Waals surface area contributed by atoms with Gasteiger partial charge in [0.2, 0.25) is 0 Å². The molecular formula is C14H15F2N3O. The topological polar surface area (TPSA) is 47.0 Å². The molecule has 106 valence electrons. The standard InChI is InChI=1S/C14H15F2N3O/c1-9-7-14(19-10(2)18-9)17-5-6-20-13-4-3-11(15)8-12(13)16/h3-4,7-8H,5-6H2,1-2H3,(H,17,18,19). The summed E-state index contributed by atoms with van der Waals surface area (Å²) < 4.78 is 31.2. The molecule has 1 heterocycles. The molecule has 0 aliphatic heterocycles. The third-order valence-corrected chi connectivity index (χ3v) is 2.53. The molecule has 0 aliphatic carbocycles. The fourth-order valence-corrected chi connectivity index (χ4v) is 1.74. The summed E-state index contributed by atoms with van der Waals surface area (Å²) in [7, 11) is 0. The Morgan fingerprint density at radius 2 is 1.95 bits per heavy atom. The molecule has 0 atom stereocenters. The molecular weight excluding hydrogens is 264 g/mol. The number of hydrogen-bond donors (Lipinski definition) is 1. The Labute approximate surface area is 115 Å². The summed E-state index contributed by atoms with van der Waals surface area (Å²) in [6.45, 7) is 4.38. The Kier molecular flexibility index (Phi) is 4.45. The van der Waals surface area contributed by atoms with E-state index in [4.69, 9.17) is 4.74 Å². The predicted octanol–water partition coefficient (Wildman–Crippen LogP) is 2.86. The van der Waals surface area contributed by atoms with Crippen molar-refractivity contribution in [2.24, 2.45) is 0 Å². The first kappa shape index (κ1) is 14.2. The number of benzene rings is 1. The van der Waals surface area contributed by atoms with E-state index in [2.05, 4.69) is 15.3 Å². The molecule has 20 heavy (non-hydrogen) atoms. The zero-order valence-electron chi connectivity index (χ0n) is 11.3. The minimum absolute atomic E-state index is 0.0308. The van der Waals surface area contributed by atoms with Crippen LogP contribution in [0.15, 0.2) is 24.3 Å². The van der Waals surface area contributed by atoms with Crippen molar-refractivity contribution in [3.63, 3.8) is 0 Å². The van der Waals surface area contributed by atoms with Crippen molar-refractivity contribution < 1.29 is 13.5 Å². The third kappa shape index (κ3) is 3.88. The van der Waals surface area contributed by atoms with Gasteiger partial charge in [-0.15, -0.1) is 0 Å². The number of aryl methyl sites for hydroxylation is 2. The van der Waals surface area contributed by atoms with Crippen molar-refractivity contribution in [2.75, 3.05) is 18.5 Å². The van der Waals surface area contributed by atoms with Crippen LogP contribution in [0.5, 0.6) is 5.75 Å². The molecule has 2 aromatic rings. The quantitative estimate of drug-likeness (QED) is 0.855. The molecule has 0 aliphatic rings. The number of rotatable bonds is 5. The van der Waals surface area contributed by atoms with Gasteiger partial charge < -0.3 is 10.1 Å². The lowest BCUT2D eigenvalue weighted by Crippen LogP contribution is -2.13. The largest absolute Gasteiger partial charge is 0.489 e. The zero-order valence-corrected chi connectivity index (χ0v) is 11.3. The van der Waals surface area contributed by atoms with Crippen LogP contribution in [0, 0.1) is 25.5 Å². The maximum absolute atomic E-state index is 13.3. The summed E-state index contributed by atoms with van der Waals surface area (Å²) in [6, 6.07) is 5.03. The minimum atomic E-state index is -0.710. The van der Waals surface area contributed by atoms with Gasteiger partial charge in [0.1, 0.15) is 24.1 Å². The van der Waals surface area contributed by atoms with Crippen LogP contribution < -0.4 is 10.1 Å². The zero-order chi connectivity index (χ0) is 14.5. The first-order chi connectivity index (χ1) is 9.54. The first-order valence-electron chi connectivity index (χ1n) is 6.18. The minimum Gasteiger partial charge on any atom is -0.489 e. The Morgan fingerprint density at radius 1 is 1.15 bits per heavy atom. The van der Waals surface area contributed by atoms with E-state index in [1.165, 1.54) is 6.07 Å². The van der Waals surface area contributed by atoms with E-state index in [0.29, 0.717) is 18.2 Å². The lowest BCUT2D eigenvalue weighted by molar-refractivity contribution is 0.314. The highest BCUT2D eigenvalue weighted by atomic mass is 19.1. The van der Waals surface area contributed by atoms with E-state index in [0.717, 1.165) is 17.8 Å². The number of anilines is 1. The van der Waals surface area contributed by atoms with Gasteiger partial charge in [-0.05, 0) is 26.0 Å². The smallest absolute Gasteiger partial charge is 0.167 e. The Hall–Kier alpha value is -2.24. The van der Waals surface area contributed by atoms with Crippen LogP contribution in [0.3, 0.4) is 0 Å². The molecule has 0 bridgehead atoms. The molecule has 0 spiro atoms. The molecule has 6 heteroatoms. The lowest BCUT2D eigenvalue weighted by atomic mass is 10.3. The van der Waals surface area contributed by atoms with Crippen molar-refractivity contribution in [2.45, 2.75) is 13.8 Å². The summed E-state index contributed by atoms with van der Waals surface area (Å²) >= 11 is 0. The van der Waals surface area contributed by atoms with Crippen molar-refractivity contribution in [3.8, 4) is 5.75 Å². The molecule has 0 amide bonds. The normalized spacial score (nSPS) is 10.4. The molecule has 0 radical (unpaired) electrons. The Balaban J connectivity index is 1.84. The average Bonchev–Trinajstić information content (AvgIpc) is 2.35. The highest BCUT2D eigenvalue weighted by Gasteiger charge is 2.04. The highest BCUT2D eigenvalue weighted by molar-refractivity contribution is 5.35. The van der Waals surface area contributed by atoms with E-state index >= 15 is 0 Å². The van der Waals surface area contributed by atoms with Crippen LogP contribution in [0.4, 0.5) is 14.6 Å². The average molecular weight is 279 g/mol. The second-order valence-electron chi connectivity index (χ2n) is 4.29. The number of ether oxygens (including phenoxy) is 1. The van der Waals surface area contributed by atoms with Crippen LogP contribution in [0.2, 0.25) is 0 Å². The molecule has 1 aromatic carbocycles. The van der Waals surface area contributed by atoms with Gasteiger partial charge >= 0.3 is 0 Å². The summed E-state index contributed by atoms with van der Waals surface area (Å²) in [4.78, 5) is 8.37. The molecule has 0 saturated carbocycles. The van der Waals surface area contributed by atoms with Crippen LogP contribution >= 0.6 is 0 Å². The van der Waals surface area contributed by atoms with Crippen molar-refractivity contribution in [1.82, 2.24) is 9.97 Å². The van der Waals surface area contributed by atoms with Gasteiger partial charge in [0, 0.05) is 17.8 Å². The van der Waals surface area contributed by atoms with E-state index < -0.39 is 11.6 Å². The molecule has 4 nitrogen and oxygen atoms in total. The number of aromatic nitrogens is 2. The second kappa shape index (κ2) is 6.27. The van der Waals surface area contributed by atoms with Crippen LogP contribution in [0.25, 0.3) is 0 Å². The van der Waals surface area contributed by atoms with E-state index in [-0.39, 0.29) is 12.4 Å². The van der Waals surface area contributed by atoms with Gasteiger partial charge in [-0.1, -0.05) is 0 Å². The van der Waals surface area contributed by atoms with Crippen LogP contribution in [0.1, 0.15) is 11.5 Å². The van der Waals surface area contributed by atoms with Gasteiger partial charge in [0.05, 0.1) is 6.54 Å². The Morgan fingerprint density at radius 3 is 2.65 bits per heavy atom. The van der Waals surface area contributed by atoms with Gasteiger partial charge in [-0.3, -0.25) is 0 Å². The van der Waals surface area contributed by atoms with Crippen LogP contribution in [-0.4, -0.2) is 23.1 Å². The van der Waals surface area contributed by atoms with Crippen molar-refractivity contribution >= 4 is 5.82 Å². The fourth-order valence-electron chi connectivity index (χ4n) is 1.74. The van der Waals surface area contributed by atoms with Crippen LogP contribution in [-0.2, 0) is 0 Å². The Bertz CT molecular complexity index is 585. The second-order valence-corrected chi connectivity index (χ2v) is 4.29. The predicted molar refractivity (Wildman–Crippen MR) is 71.8 cm³/mol. The van der Waals surface area contributed by atoms with E-state index in [9.17, 15) is 8.78 Å². The summed E-state index contributed by atoms with van der Waals surface area (Å²) in [5.74, 6) is 0.0676. The molecule has 0 fully saturated rings. The monoisotopic (exact) mass is 279 g/mol. The number of nitrogens with one attached hydrogen (secondary N) is 1. The maximum atomic E-state index is 13.3. The highest BCUT2D eigenvalue weighted by Crippen LogP contribution is 2.17. The summed E-state index contributed by atoms with van der Waals surface area (Å²) in [5.41, 5.74) is 0.866. The maximum Gasteiger partial charge on any atom is 0.167 e. The van der Waals surface area contributed by atoms with Gasteiger partial charge in [-0.25, -0.2) is 18.7 Å². The summed E-state index contributed by atoms with van der Waals surface area (Å²) in [5, 5.41) is 3.05. The van der Waals surface area contributed by atoms with Crippen molar-refractivity contribution in [1.29, 1.82) is 0 Å². The number of nitrogens with zero attached hydrogens (tertiary/aromatic N) is 2. The number of halogens is 2.